The first kappa shape index (κ1) is 17.4. The summed E-state index contributed by atoms with van der Waals surface area (Å²) < 4.78 is 31.3. The highest BCUT2D eigenvalue weighted by Crippen LogP contribution is 2.18. The van der Waals surface area contributed by atoms with Gasteiger partial charge in [-0.2, -0.15) is 0 Å². The summed E-state index contributed by atoms with van der Waals surface area (Å²) in [5.41, 5.74) is 0.391. The van der Waals surface area contributed by atoms with Crippen LogP contribution in [0.2, 0.25) is 0 Å². The fourth-order valence-electron chi connectivity index (χ4n) is 1.53. The van der Waals surface area contributed by atoms with Crippen LogP contribution in [0.15, 0.2) is 9.42 Å². The highest BCUT2D eigenvalue weighted by Gasteiger charge is 2.23. The lowest BCUT2D eigenvalue weighted by atomic mass is 10.4. The second-order valence-corrected chi connectivity index (χ2v) is 5.91. The zero-order valence-electron chi connectivity index (χ0n) is 11.1. The van der Waals surface area contributed by atoms with Crippen molar-refractivity contribution in [2.24, 2.45) is 0 Å². The normalized spacial score (nSPS) is 11.6. The van der Waals surface area contributed by atoms with Crippen LogP contribution in [0.1, 0.15) is 17.9 Å². The van der Waals surface area contributed by atoms with E-state index in [4.69, 9.17) is 4.52 Å². The monoisotopic (exact) mass is 297 g/mol. The molecule has 0 atom stereocenters. The second kappa shape index (κ2) is 7.08. The van der Waals surface area contributed by atoms with E-state index in [1.807, 2.05) is 19.0 Å². The van der Waals surface area contributed by atoms with Gasteiger partial charge in [0.05, 0.1) is 0 Å². The molecule has 0 bridgehead atoms. The van der Waals surface area contributed by atoms with Crippen LogP contribution in [0.25, 0.3) is 0 Å². The summed E-state index contributed by atoms with van der Waals surface area (Å²) in [7, 11) is 0.393. The Bertz CT molecular complexity index is 451. The van der Waals surface area contributed by atoms with E-state index in [1.54, 1.807) is 13.8 Å². The maximum atomic E-state index is 12.0. The molecule has 0 aliphatic carbocycles. The minimum atomic E-state index is -3.50. The summed E-state index contributed by atoms with van der Waals surface area (Å²) in [4.78, 5) is 2.16. The molecule has 1 N–H and O–H groups in total. The number of hydrogen-bond donors (Lipinski definition) is 1. The molecule has 106 valence electrons. The van der Waals surface area contributed by atoms with Crippen LogP contribution in [0.3, 0.4) is 0 Å². The highest BCUT2D eigenvalue weighted by molar-refractivity contribution is 7.89. The number of aryl methyl sites for hydroxylation is 2. The van der Waals surface area contributed by atoms with Crippen LogP contribution < -0.4 is 4.72 Å². The summed E-state index contributed by atoms with van der Waals surface area (Å²) in [6, 6.07) is 0. The molecular formula is C10H20ClN3O3S. The Balaban J connectivity index is 0.00000289. The lowest BCUT2D eigenvalue weighted by molar-refractivity contribution is 0.390. The van der Waals surface area contributed by atoms with E-state index in [0.29, 0.717) is 18.0 Å². The van der Waals surface area contributed by atoms with Crippen molar-refractivity contribution >= 4 is 22.4 Å². The molecule has 0 aromatic carbocycles. The van der Waals surface area contributed by atoms with Gasteiger partial charge in [-0.1, -0.05) is 5.16 Å². The van der Waals surface area contributed by atoms with Gasteiger partial charge in [0.1, 0.15) is 10.6 Å². The molecule has 0 radical (unpaired) electrons. The van der Waals surface area contributed by atoms with Crippen LogP contribution in [0.4, 0.5) is 0 Å². The standard InChI is InChI=1S/C10H19N3O3S.ClH/c1-8-10(9(2)16-12-8)17(14,15)11-6-5-7-13(3)4;/h11H,5-7H2,1-4H3;1H. The summed E-state index contributed by atoms with van der Waals surface area (Å²) in [6.45, 7) is 4.45. The smallest absolute Gasteiger partial charge is 0.245 e. The van der Waals surface area contributed by atoms with Crippen molar-refractivity contribution in [2.45, 2.75) is 25.2 Å². The van der Waals surface area contributed by atoms with Crippen molar-refractivity contribution in [2.75, 3.05) is 27.2 Å². The van der Waals surface area contributed by atoms with E-state index in [2.05, 4.69) is 9.88 Å². The van der Waals surface area contributed by atoms with Crippen LogP contribution in [-0.4, -0.2) is 45.7 Å². The van der Waals surface area contributed by atoms with Gasteiger partial charge >= 0.3 is 0 Å². The van der Waals surface area contributed by atoms with Crippen LogP contribution in [0.5, 0.6) is 0 Å². The number of halogens is 1. The van der Waals surface area contributed by atoms with Gasteiger partial charge in [0, 0.05) is 6.54 Å². The minimum Gasteiger partial charge on any atom is -0.360 e. The lowest BCUT2D eigenvalue weighted by Crippen LogP contribution is -2.28. The molecule has 1 aromatic rings. The van der Waals surface area contributed by atoms with Gasteiger partial charge in [-0.05, 0) is 40.9 Å². The van der Waals surface area contributed by atoms with E-state index in [1.165, 1.54) is 0 Å². The largest absolute Gasteiger partial charge is 0.360 e. The molecule has 0 amide bonds. The maximum Gasteiger partial charge on any atom is 0.245 e. The van der Waals surface area contributed by atoms with E-state index >= 15 is 0 Å². The van der Waals surface area contributed by atoms with Crippen molar-refractivity contribution in [3.8, 4) is 0 Å². The van der Waals surface area contributed by atoms with Crippen molar-refractivity contribution in [1.82, 2.24) is 14.8 Å². The van der Waals surface area contributed by atoms with E-state index in [-0.39, 0.29) is 17.3 Å². The lowest BCUT2D eigenvalue weighted by Gasteiger charge is -2.10. The van der Waals surface area contributed by atoms with E-state index in [0.717, 1.165) is 13.0 Å². The Kier molecular flexibility index (Phi) is 6.83. The molecule has 1 heterocycles. The molecule has 0 saturated carbocycles. The summed E-state index contributed by atoms with van der Waals surface area (Å²) >= 11 is 0. The molecule has 8 heteroatoms. The fourth-order valence-corrected chi connectivity index (χ4v) is 2.93. The minimum absolute atomic E-state index is 0. The average Bonchev–Trinajstić information content (AvgIpc) is 2.53. The number of rotatable bonds is 6. The number of nitrogens with one attached hydrogen (secondary N) is 1. The van der Waals surface area contributed by atoms with Crippen molar-refractivity contribution in [1.29, 1.82) is 0 Å². The number of hydrogen-bond acceptors (Lipinski definition) is 5. The third kappa shape index (κ3) is 4.56. The first-order valence-corrected chi connectivity index (χ1v) is 6.90. The van der Waals surface area contributed by atoms with Gasteiger partial charge in [-0.25, -0.2) is 13.1 Å². The van der Waals surface area contributed by atoms with Gasteiger partial charge in [0.25, 0.3) is 0 Å². The van der Waals surface area contributed by atoms with Gasteiger partial charge in [0.15, 0.2) is 5.76 Å². The molecular weight excluding hydrogens is 278 g/mol. The van der Waals surface area contributed by atoms with Gasteiger partial charge in [-0.3, -0.25) is 0 Å². The SMILES string of the molecule is Cc1noc(C)c1S(=O)(=O)NCCCN(C)C.Cl. The van der Waals surface area contributed by atoms with Crippen molar-refractivity contribution in [3.05, 3.63) is 11.5 Å². The fraction of sp³-hybridized carbons (Fsp3) is 0.700. The molecule has 0 unspecified atom stereocenters. The summed E-state index contributed by atoms with van der Waals surface area (Å²) in [5, 5.41) is 3.64. The maximum absolute atomic E-state index is 12.0. The second-order valence-electron chi connectivity index (χ2n) is 4.21. The number of sulfonamides is 1. The molecule has 0 saturated heterocycles. The third-order valence-corrected chi connectivity index (χ3v) is 4.02. The first-order chi connectivity index (χ1) is 7.84. The zero-order valence-corrected chi connectivity index (χ0v) is 12.7. The number of nitrogens with zero attached hydrogens (tertiary/aromatic N) is 2. The zero-order chi connectivity index (χ0) is 13.1. The van der Waals surface area contributed by atoms with Gasteiger partial charge in [-0.15, -0.1) is 12.4 Å². The van der Waals surface area contributed by atoms with Gasteiger partial charge in [0.2, 0.25) is 10.0 Å². The predicted molar refractivity (Wildman–Crippen MR) is 71.6 cm³/mol. The van der Waals surface area contributed by atoms with Crippen LogP contribution in [-0.2, 0) is 10.0 Å². The van der Waals surface area contributed by atoms with Crippen molar-refractivity contribution < 1.29 is 12.9 Å². The Morgan fingerprint density at radius 1 is 1.33 bits per heavy atom. The topological polar surface area (TPSA) is 75.4 Å². The molecule has 0 aliphatic heterocycles. The molecule has 6 nitrogen and oxygen atoms in total. The quantitative estimate of drug-likeness (QED) is 0.791. The van der Waals surface area contributed by atoms with E-state index < -0.39 is 10.0 Å². The molecule has 0 fully saturated rings. The predicted octanol–water partition coefficient (Wildman–Crippen LogP) is 0.943. The van der Waals surface area contributed by atoms with Gasteiger partial charge < -0.3 is 9.42 Å². The molecule has 1 aromatic heterocycles. The first-order valence-electron chi connectivity index (χ1n) is 5.42. The van der Waals surface area contributed by atoms with E-state index in [9.17, 15) is 8.42 Å². The Hall–Kier alpha value is -0.630. The molecule has 0 aliphatic rings. The highest BCUT2D eigenvalue weighted by atomic mass is 35.5. The third-order valence-electron chi connectivity index (χ3n) is 2.31. The number of aromatic nitrogens is 1. The Labute approximate surface area is 114 Å². The Morgan fingerprint density at radius 3 is 2.39 bits per heavy atom. The Morgan fingerprint density at radius 2 is 1.94 bits per heavy atom. The van der Waals surface area contributed by atoms with Crippen LogP contribution >= 0.6 is 12.4 Å². The molecule has 1 rings (SSSR count). The molecule has 18 heavy (non-hydrogen) atoms. The van der Waals surface area contributed by atoms with Crippen molar-refractivity contribution in [3.63, 3.8) is 0 Å². The summed E-state index contributed by atoms with van der Waals surface area (Å²) in [6.07, 6.45) is 0.760. The summed E-state index contributed by atoms with van der Waals surface area (Å²) in [5.74, 6) is 0.322. The van der Waals surface area contributed by atoms with Crippen LogP contribution in [0, 0.1) is 13.8 Å². The average molecular weight is 298 g/mol. The molecule has 0 spiro atoms.